The van der Waals surface area contributed by atoms with Crippen LogP contribution in [0.15, 0.2) is 78.8 Å². The lowest BCUT2D eigenvalue weighted by Crippen LogP contribution is -2.10. The van der Waals surface area contributed by atoms with E-state index in [9.17, 15) is 44.6 Å². The van der Waals surface area contributed by atoms with Crippen LogP contribution in [0.3, 0.4) is 0 Å². The topological polar surface area (TPSA) is 263 Å². The predicted octanol–water partition coefficient (Wildman–Crippen LogP) is 5.66. The van der Waals surface area contributed by atoms with Crippen LogP contribution in [0.5, 0.6) is 23.0 Å². The van der Waals surface area contributed by atoms with Crippen molar-refractivity contribution in [3.63, 3.8) is 0 Å². The highest BCUT2D eigenvalue weighted by molar-refractivity contribution is 7.91. The molecule has 0 saturated heterocycles. The lowest BCUT2D eigenvalue weighted by molar-refractivity contribution is 0.388. The van der Waals surface area contributed by atoms with Crippen molar-refractivity contribution in [2.24, 2.45) is 20.5 Å². The average Bonchev–Trinajstić information content (AvgIpc) is 2.99. The molecule has 20 heteroatoms. The van der Waals surface area contributed by atoms with Gasteiger partial charge >= 0.3 is 10.3 Å². The summed E-state index contributed by atoms with van der Waals surface area (Å²) >= 11 is 0. The van der Waals surface area contributed by atoms with Gasteiger partial charge in [0.25, 0.3) is 10.1 Å². The minimum absolute atomic E-state index is 0.0624. The maximum absolute atomic E-state index is 12.3. The molecule has 0 radical (unpaired) electrons. The van der Waals surface area contributed by atoms with Crippen LogP contribution in [0.4, 0.5) is 28.4 Å². The Kier molecular flexibility index (Phi) is 9.73. The fourth-order valence-electron chi connectivity index (χ4n) is 4.35. The van der Waals surface area contributed by atoms with Crippen molar-refractivity contribution in [2.75, 3.05) is 24.7 Å². The zero-order chi connectivity index (χ0) is 34.9. The number of sulfone groups is 1. The van der Waals surface area contributed by atoms with Crippen molar-refractivity contribution >= 4 is 69.5 Å². The van der Waals surface area contributed by atoms with Gasteiger partial charge in [0.05, 0.1) is 30.6 Å². The van der Waals surface area contributed by atoms with E-state index in [4.69, 9.17) is 9.47 Å². The number of aromatic hydroxyl groups is 2. The third kappa shape index (κ3) is 7.58. The zero-order valence-electron chi connectivity index (χ0n) is 24.9. The highest BCUT2D eigenvalue weighted by Crippen LogP contribution is 2.45. The smallest absolute Gasteiger partial charge is 0.357 e. The monoisotopic (exact) mass is 709 g/mol. The minimum atomic E-state index is -4.82. The first-order valence-corrected chi connectivity index (χ1v) is 17.6. The van der Waals surface area contributed by atoms with E-state index in [1.54, 1.807) is 0 Å². The van der Waals surface area contributed by atoms with Gasteiger partial charge in [0, 0.05) is 29.0 Å². The number of phenolic OH excluding ortho intramolecular Hbond substituents is 2. The van der Waals surface area contributed by atoms with Gasteiger partial charge in [0.1, 0.15) is 44.9 Å². The van der Waals surface area contributed by atoms with Gasteiger partial charge < -0.3 is 19.7 Å². The van der Waals surface area contributed by atoms with Gasteiger partial charge in [0.15, 0.2) is 15.6 Å². The second kappa shape index (κ2) is 13.1. The summed E-state index contributed by atoms with van der Waals surface area (Å²) in [5.41, 5.74) is -0.486. The Hall–Kier alpha value is -4.89. The maximum Gasteiger partial charge on any atom is 0.357 e. The molecular weight excluding hydrogens is 683 g/mol. The number of methoxy groups -OCH3 is 2. The van der Waals surface area contributed by atoms with Gasteiger partial charge in [-0.3, -0.25) is 13.8 Å². The largest absolute Gasteiger partial charge is 0.506 e. The van der Waals surface area contributed by atoms with E-state index in [1.165, 1.54) is 45.2 Å². The van der Waals surface area contributed by atoms with Crippen molar-refractivity contribution in [1.29, 1.82) is 0 Å². The highest BCUT2D eigenvalue weighted by Gasteiger charge is 2.22. The number of azo groups is 2. The second-order valence-electron chi connectivity index (χ2n) is 9.63. The van der Waals surface area contributed by atoms with Crippen molar-refractivity contribution in [1.82, 2.24) is 0 Å². The molecule has 0 aromatic heterocycles. The number of nitrogens with zero attached hydrogens (tertiary/aromatic N) is 4. The Morgan fingerprint density at radius 3 is 1.94 bits per heavy atom. The van der Waals surface area contributed by atoms with Gasteiger partial charge in [-0.15, -0.1) is 20.5 Å². The fourth-order valence-corrected chi connectivity index (χ4v) is 6.60. The number of phenols is 2. The summed E-state index contributed by atoms with van der Waals surface area (Å²) in [7, 11) is -10.8. The Balaban J connectivity index is 1.85. The number of aryl methyl sites for hydroxylation is 1. The van der Waals surface area contributed by atoms with Crippen LogP contribution < -0.4 is 14.2 Å². The quantitative estimate of drug-likeness (QED) is 0.0932. The normalized spacial score (nSPS) is 12.6. The average molecular weight is 710 g/mol. The zero-order valence-corrected chi connectivity index (χ0v) is 27.3. The van der Waals surface area contributed by atoms with Crippen LogP contribution in [0.25, 0.3) is 10.8 Å². The summed E-state index contributed by atoms with van der Waals surface area (Å²) in [6.07, 6.45) is 0. The van der Waals surface area contributed by atoms with Crippen molar-refractivity contribution in [3.8, 4) is 23.0 Å². The molecule has 0 aliphatic heterocycles. The summed E-state index contributed by atoms with van der Waals surface area (Å²) in [6.45, 7) is 2.99. The van der Waals surface area contributed by atoms with Gasteiger partial charge in [-0.2, -0.15) is 16.8 Å². The SMILES string of the molecule is CCS(=O)(=O)c1cc(O)c(/N=N/c2ccc3c(/N=N/c4cc(OC)c(S(=O)(=O)O)cc4OC)c(NS(=O)(=O)O)ccc3c2O)cc1C. The number of fused-ring (bicyclic) bond motifs is 1. The fraction of sp³-hybridized carbons (Fsp3) is 0.185. The standard InChI is InChI=1S/C27H27N5O12S3/c1-5-45(35,36)24-12-21(33)19(10-14(24)2)29-28-18-9-6-15-16(27(18)34)7-8-17(32-47(40,41)42)26(15)31-30-20-11-23(44-4)25(46(37,38)39)13-22(20)43-3/h6-13,32-34H,5H2,1-4H3,(H,37,38,39)(H,40,41,42)/b29-28+,31-30+. The molecule has 17 nitrogen and oxygen atoms in total. The summed E-state index contributed by atoms with van der Waals surface area (Å²) in [5.74, 6) is -1.58. The Labute approximate surface area is 268 Å². The first-order valence-electron chi connectivity index (χ1n) is 13.1. The van der Waals surface area contributed by atoms with E-state index in [0.717, 1.165) is 31.4 Å². The summed E-state index contributed by atoms with van der Waals surface area (Å²) < 4.78 is 103. The lowest BCUT2D eigenvalue weighted by atomic mass is 10.1. The van der Waals surface area contributed by atoms with E-state index in [2.05, 4.69) is 20.5 Å². The number of benzene rings is 4. The van der Waals surface area contributed by atoms with E-state index in [0.29, 0.717) is 5.56 Å². The van der Waals surface area contributed by atoms with Crippen LogP contribution in [-0.2, 0) is 30.3 Å². The molecular formula is C27H27N5O12S3. The summed E-state index contributed by atoms with van der Waals surface area (Å²) in [6, 6.07) is 9.49. The molecule has 5 N–H and O–H groups in total. The Bertz CT molecular complexity index is 2290. The van der Waals surface area contributed by atoms with E-state index in [1.807, 2.05) is 4.72 Å². The van der Waals surface area contributed by atoms with Gasteiger partial charge in [-0.25, -0.2) is 8.42 Å². The predicted molar refractivity (Wildman–Crippen MR) is 169 cm³/mol. The molecule has 0 amide bonds. The highest BCUT2D eigenvalue weighted by atomic mass is 32.2. The molecule has 0 bridgehead atoms. The molecule has 0 atom stereocenters. The van der Waals surface area contributed by atoms with E-state index in [-0.39, 0.29) is 61.4 Å². The third-order valence-corrected chi connectivity index (χ3v) is 9.84. The number of ether oxygens (including phenoxy) is 2. The first-order chi connectivity index (χ1) is 21.9. The van der Waals surface area contributed by atoms with Crippen LogP contribution in [-0.4, -0.2) is 64.5 Å². The van der Waals surface area contributed by atoms with Crippen molar-refractivity contribution in [3.05, 3.63) is 54.1 Å². The van der Waals surface area contributed by atoms with Crippen molar-refractivity contribution < 1.29 is 54.0 Å². The van der Waals surface area contributed by atoms with Crippen molar-refractivity contribution in [2.45, 2.75) is 23.6 Å². The third-order valence-electron chi connectivity index (χ3n) is 6.62. The number of anilines is 1. The molecule has 0 heterocycles. The molecule has 4 aromatic rings. The van der Waals surface area contributed by atoms with Gasteiger partial charge in [0.2, 0.25) is 0 Å². The molecule has 0 aliphatic carbocycles. The van der Waals surface area contributed by atoms with Crippen LogP contribution in [0.1, 0.15) is 12.5 Å². The molecule has 4 rings (SSSR count). The van der Waals surface area contributed by atoms with Gasteiger partial charge in [-0.05, 0) is 42.8 Å². The van der Waals surface area contributed by atoms with E-state index >= 15 is 0 Å². The van der Waals surface area contributed by atoms with Crippen LogP contribution in [0.2, 0.25) is 0 Å². The second-order valence-corrected chi connectivity index (χ2v) is 14.4. The molecule has 0 fully saturated rings. The van der Waals surface area contributed by atoms with Gasteiger partial charge in [-0.1, -0.05) is 6.92 Å². The molecule has 4 aromatic carbocycles. The Morgan fingerprint density at radius 1 is 0.723 bits per heavy atom. The molecule has 47 heavy (non-hydrogen) atoms. The first kappa shape index (κ1) is 35.0. The number of rotatable bonds is 11. The number of nitrogens with one attached hydrogen (secondary N) is 1. The summed E-state index contributed by atoms with van der Waals surface area (Å²) in [4.78, 5) is -0.682. The molecule has 0 saturated carbocycles. The molecule has 250 valence electrons. The molecule has 0 unspecified atom stereocenters. The maximum atomic E-state index is 12.3. The number of hydrogen-bond acceptors (Lipinski definition) is 14. The van der Waals surface area contributed by atoms with E-state index < -0.39 is 46.7 Å². The van der Waals surface area contributed by atoms with Crippen LogP contribution in [0, 0.1) is 6.92 Å². The molecule has 0 spiro atoms. The summed E-state index contributed by atoms with van der Waals surface area (Å²) in [5, 5.41) is 37.6. The molecule has 0 aliphatic rings. The minimum Gasteiger partial charge on any atom is -0.506 e. The van der Waals surface area contributed by atoms with Crippen LogP contribution >= 0.6 is 0 Å². The number of hydrogen-bond donors (Lipinski definition) is 5. The Morgan fingerprint density at radius 2 is 1.34 bits per heavy atom. The lowest BCUT2D eigenvalue weighted by Gasteiger charge is -2.12.